The largest absolute Gasteiger partial charge is 0.472 e. The number of phosphoric ester groups is 2. The maximum atomic E-state index is 13.1. The second-order valence-corrected chi connectivity index (χ2v) is 33.8. The van der Waals surface area contributed by atoms with Crippen LogP contribution in [0.4, 0.5) is 0 Å². The molecule has 0 radical (unpaired) electrons. The molecule has 3 N–H and O–H groups in total. The van der Waals surface area contributed by atoms with Gasteiger partial charge < -0.3 is 33.8 Å². The Kier molecular flexibility index (Phi) is 70.9. The Balaban J connectivity index is 5.27. The van der Waals surface area contributed by atoms with Crippen LogP contribution in [0, 0.1) is 17.8 Å². The number of hydrogen-bond acceptors (Lipinski definition) is 15. The Morgan fingerprint density at radius 1 is 0.267 bits per heavy atom. The van der Waals surface area contributed by atoms with E-state index in [2.05, 4.69) is 48.5 Å². The number of carbonyl (C=O) groups is 4. The summed E-state index contributed by atoms with van der Waals surface area (Å²) in [7, 11) is -9.92. The Hall–Kier alpha value is -1.94. The molecule has 0 saturated carbocycles. The summed E-state index contributed by atoms with van der Waals surface area (Å²) in [5.74, 6) is 0.230. The number of ether oxygens (including phenoxy) is 4. The molecule has 0 aromatic rings. The van der Waals surface area contributed by atoms with Crippen molar-refractivity contribution in [2.24, 2.45) is 17.8 Å². The van der Waals surface area contributed by atoms with Gasteiger partial charge in [0.15, 0.2) is 12.2 Å². The van der Waals surface area contributed by atoms with E-state index in [1.165, 1.54) is 238 Å². The van der Waals surface area contributed by atoms with Crippen molar-refractivity contribution >= 4 is 39.5 Å². The van der Waals surface area contributed by atoms with Crippen LogP contribution in [-0.2, 0) is 65.4 Å². The van der Waals surface area contributed by atoms with E-state index in [4.69, 9.17) is 37.0 Å². The summed E-state index contributed by atoms with van der Waals surface area (Å²) in [4.78, 5) is 73.1. The number of carbonyl (C=O) groups excluding carboxylic acids is 4. The normalized spacial score (nSPS) is 14.0. The Labute approximate surface area is 619 Å². The van der Waals surface area contributed by atoms with Crippen LogP contribution in [0.25, 0.3) is 0 Å². The third-order valence-corrected chi connectivity index (χ3v) is 21.0. The number of phosphoric acid groups is 2. The second kappa shape index (κ2) is 72.3. The average Bonchev–Trinajstić information content (AvgIpc) is 0.967. The van der Waals surface area contributed by atoms with Crippen LogP contribution in [0.5, 0.6) is 0 Å². The van der Waals surface area contributed by atoms with E-state index in [0.29, 0.717) is 25.7 Å². The van der Waals surface area contributed by atoms with E-state index >= 15 is 0 Å². The van der Waals surface area contributed by atoms with Gasteiger partial charge in [0.2, 0.25) is 0 Å². The first-order valence-corrected chi connectivity index (χ1v) is 45.3. The zero-order chi connectivity index (χ0) is 74.4. The highest BCUT2D eigenvalue weighted by Gasteiger charge is 2.30. The Bertz CT molecular complexity index is 1960. The minimum atomic E-state index is -4.96. The second-order valence-electron chi connectivity index (χ2n) is 30.9. The average molecular weight is 1480 g/mol. The van der Waals surface area contributed by atoms with Crippen molar-refractivity contribution in [3.05, 3.63) is 0 Å². The van der Waals surface area contributed by atoms with E-state index in [-0.39, 0.29) is 25.7 Å². The molecule has 0 saturated heterocycles. The molecule has 0 bridgehead atoms. The molecule has 101 heavy (non-hydrogen) atoms. The molecule has 600 valence electrons. The number of rotatable bonds is 80. The standard InChI is InChI=1S/C82H160O17P2/c1-8-9-10-11-12-13-14-15-17-23-29-36-44-51-58-65-81(86)99-78(70-93-80(85)64-57-50-43-38-31-34-41-48-55-62-75(6)7)72-97-101(90,91)95-68-76(83)67-94-100(88,89)96-71-77(69-92-79(84)63-56-49-42-35-28-25-20-22-27-33-40-47-54-61-74(4)5)98-82(87)66-59-52-45-37-30-24-19-16-18-21-26-32-39-46-53-60-73(2)3/h73-78,83H,8-72H2,1-7H3,(H,88,89)(H,90,91)/t76-,77-,78-/m1/s1. The third-order valence-electron chi connectivity index (χ3n) is 19.1. The molecule has 5 atom stereocenters. The number of esters is 4. The molecule has 19 heteroatoms. The maximum absolute atomic E-state index is 13.1. The summed E-state index contributed by atoms with van der Waals surface area (Å²) >= 11 is 0. The fraction of sp³-hybridized carbons (Fsp3) is 0.951. The van der Waals surface area contributed by atoms with Crippen LogP contribution in [0.15, 0.2) is 0 Å². The monoisotopic (exact) mass is 1480 g/mol. The van der Waals surface area contributed by atoms with E-state index in [9.17, 15) is 43.2 Å². The summed E-state index contributed by atoms with van der Waals surface area (Å²) in [6.07, 6.45) is 60.9. The van der Waals surface area contributed by atoms with Gasteiger partial charge in [-0.25, -0.2) is 9.13 Å². The van der Waals surface area contributed by atoms with Crippen LogP contribution < -0.4 is 0 Å². The first-order chi connectivity index (χ1) is 48.7. The minimum absolute atomic E-state index is 0.108. The van der Waals surface area contributed by atoms with Crippen molar-refractivity contribution in [3.63, 3.8) is 0 Å². The van der Waals surface area contributed by atoms with Crippen molar-refractivity contribution in [2.75, 3.05) is 39.6 Å². The lowest BCUT2D eigenvalue weighted by Crippen LogP contribution is -2.30. The van der Waals surface area contributed by atoms with E-state index in [0.717, 1.165) is 108 Å². The minimum Gasteiger partial charge on any atom is -0.462 e. The zero-order valence-electron chi connectivity index (χ0n) is 66.4. The molecule has 0 aromatic carbocycles. The lowest BCUT2D eigenvalue weighted by atomic mass is 10.0. The molecule has 0 aliphatic heterocycles. The smallest absolute Gasteiger partial charge is 0.462 e. The van der Waals surface area contributed by atoms with Crippen LogP contribution in [-0.4, -0.2) is 96.7 Å². The van der Waals surface area contributed by atoms with Gasteiger partial charge in [0.25, 0.3) is 0 Å². The molecular formula is C82H160O17P2. The van der Waals surface area contributed by atoms with Crippen LogP contribution in [0.3, 0.4) is 0 Å². The first kappa shape index (κ1) is 99.1. The van der Waals surface area contributed by atoms with Crippen molar-refractivity contribution in [3.8, 4) is 0 Å². The van der Waals surface area contributed by atoms with Gasteiger partial charge in [-0.2, -0.15) is 0 Å². The topological polar surface area (TPSA) is 237 Å². The van der Waals surface area contributed by atoms with Crippen LogP contribution in [0.1, 0.15) is 427 Å². The van der Waals surface area contributed by atoms with Crippen molar-refractivity contribution < 1.29 is 80.2 Å². The Morgan fingerprint density at radius 3 is 0.673 bits per heavy atom. The predicted molar refractivity (Wildman–Crippen MR) is 414 cm³/mol. The van der Waals surface area contributed by atoms with Crippen molar-refractivity contribution in [1.29, 1.82) is 0 Å². The van der Waals surface area contributed by atoms with Gasteiger partial charge in [-0.3, -0.25) is 37.3 Å². The summed E-state index contributed by atoms with van der Waals surface area (Å²) in [5.41, 5.74) is 0. The fourth-order valence-electron chi connectivity index (χ4n) is 12.7. The van der Waals surface area contributed by atoms with Gasteiger partial charge in [-0.05, 0) is 43.4 Å². The van der Waals surface area contributed by atoms with Gasteiger partial charge >= 0.3 is 39.5 Å². The molecule has 0 aliphatic carbocycles. The molecule has 0 amide bonds. The lowest BCUT2D eigenvalue weighted by Gasteiger charge is -2.21. The number of hydrogen-bond donors (Lipinski definition) is 3. The summed E-state index contributed by atoms with van der Waals surface area (Å²) in [5, 5.41) is 10.7. The van der Waals surface area contributed by atoms with Crippen molar-refractivity contribution in [1.82, 2.24) is 0 Å². The van der Waals surface area contributed by atoms with Gasteiger partial charge in [0, 0.05) is 25.7 Å². The highest BCUT2D eigenvalue weighted by Crippen LogP contribution is 2.45. The summed E-state index contributed by atoms with van der Waals surface area (Å²) < 4.78 is 68.8. The van der Waals surface area contributed by atoms with Crippen LogP contribution in [0.2, 0.25) is 0 Å². The molecule has 2 unspecified atom stereocenters. The molecule has 0 rings (SSSR count). The third kappa shape index (κ3) is 76.1. The lowest BCUT2D eigenvalue weighted by molar-refractivity contribution is -0.161. The molecule has 17 nitrogen and oxygen atoms in total. The van der Waals surface area contributed by atoms with Gasteiger partial charge in [-0.15, -0.1) is 0 Å². The van der Waals surface area contributed by atoms with E-state index < -0.39 is 97.5 Å². The van der Waals surface area contributed by atoms with E-state index in [1.807, 2.05) is 0 Å². The molecule has 0 aliphatic rings. The maximum Gasteiger partial charge on any atom is 0.472 e. The Morgan fingerprint density at radius 2 is 0.455 bits per heavy atom. The highest BCUT2D eigenvalue weighted by atomic mass is 31.2. The number of aliphatic hydroxyl groups excluding tert-OH is 1. The zero-order valence-corrected chi connectivity index (χ0v) is 68.2. The first-order valence-electron chi connectivity index (χ1n) is 42.3. The SMILES string of the molecule is CCCCCCCCCCCCCCCCCC(=O)O[C@H](COC(=O)CCCCCCCCCCCC(C)C)COP(=O)(O)OC[C@H](O)COP(=O)(O)OC[C@@H](COC(=O)CCCCCCCCCCCCCCCC(C)C)OC(=O)CCCCCCCCCCCCCCCCCC(C)C. The summed E-state index contributed by atoms with van der Waals surface area (Å²) in [6.45, 7) is 12.0. The number of unbranched alkanes of at least 4 members (excludes halogenated alkanes) is 48. The molecular weight excluding hydrogens is 1320 g/mol. The molecule has 0 heterocycles. The molecule has 0 fully saturated rings. The van der Waals surface area contributed by atoms with Gasteiger partial charge in [0.1, 0.15) is 19.3 Å². The van der Waals surface area contributed by atoms with Crippen molar-refractivity contribution in [2.45, 2.75) is 446 Å². The summed E-state index contributed by atoms with van der Waals surface area (Å²) in [6, 6.07) is 0. The fourth-order valence-corrected chi connectivity index (χ4v) is 14.2. The molecule has 0 spiro atoms. The quantitative estimate of drug-likeness (QED) is 0.0222. The molecule has 0 aromatic heterocycles. The van der Waals surface area contributed by atoms with Crippen LogP contribution >= 0.6 is 15.6 Å². The highest BCUT2D eigenvalue weighted by molar-refractivity contribution is 7.47. The predicted octanol–water partition coefficient (Wildman–Crippen LogP) is 24.5. The van der Waals surface area contributed by atoms with Gasteiger partial charge in [0.05, 0.1) is 26.4 Å². The number of aliphatic hydroxyl groups is 1. The van der Waals surface area contributed by atoms with Gasteiger partial charge in [-0.1, -0.05) is 376 Å². The van der Waals surface area contributed by atoms with E-state index in [1.54, 1.807) is 0 Å².